The lowest BCUT2D eigenvalue weighted by molar-refractivity contribution is -0.143. The molecule has 1 heterocycles. The van der Waals surface area contributed by atoms with Gasteiger partial charge in [-0.1, -0.05) is 24.3 Å². The Bertz CT molecular complexity index is 2380. The van der Waals surface area contributed by atoms with Gasteiger partial charge in [0, 0.05) is 49.7 Å². The number of nitrogens with zero attached hydrogens (tertiary/aromatic N) is 4. The van der Waals surface area contributed by atoms with Gasteiger partial charge in [0.1, 0.15) is 19.3 Å². The van der Waals surface area contributed by atoms with Crippen LogP contribution in [0.2, 0.25) is 0 Å². The lowest BCUT2D eigenvalue weighted by atomic mass is 10.1. The first kappa shape index (κ1) is 48.1. The van der Waals surface area contributed by atoms with Crippen molar-refractivity contribution in [2.75, 3.05) is 61.6 Å². The van der Waals surface area contributed by atoms with E-state index in [2.05, 4.69) is 52.9 Å². The first-order valence-electron chi connectivity index (χ1n) is 19.2. The highest BCUT2D eigenvalue weighted by atomic mass is 16.5. The molecule has 0 saturated carbocycles. The van der Waals surface area contributed by atoms with Gasteiger partial charge in [-0.3, -0.25) is 24.0 Å². The molecule has 0 spiro atoms. The molecule has 0 aliphatic carbocycles. The molecule has 5 aromatic rings. The number of aliphatic carboxylic acids is 1. The van der Waals surface area contributed by atoms with Crippen LogP contribution in [0.15, 0.2) is 84.9 Å². The van der Waals surface area contributed by atoms with Crippen LogP contribution in [-0.4, -0.2) is 84.3 Å². The lowest BCUT2D eigenvalue weighted by Crippen LogP contribution is -2.26. The smallest absolute Gasteiger partial charge is 0.322 e. The van der Waals surface area contributed by atoms with Gasteiger partial charge in [0.15, 0.2) is 11.4 Å². The normalized spacial score (nSPS) is 9.89. The zero-order valence-electron chi connectivity index (χ0n) is 34.6. The third kappa shape index (κ3) is 15.8. The van der Waals surface area contributed by atoms with Crippen molar-refractivity contribution in [3.05, 3.63) is 132 Å². The van der Waals surface area contributed by atoms with E-state index in [1.807, 2.05) is 29.8 Å². The minimum atomic E-state index is -0.908. The summed E-state index contributed by atoms with van der Waals surface area (Å²) in [5.41, 5.74) is 12.3. The van der Waals surface area contributed by atoms with Crippen LogP contribution in [0.1, 0.15) is 46.3 Å². The average molecular weight is 846 g/mol. The molecular formula is C44H49N10O8+. The van der Waals surface area contributed by atoms with E-state index < -0.39 is 5.97 Å². The van der Waals surface area contributed by atoms with Gasteiger partial charge in [0.25, 0.3) is 11.8 Å². The highest BCUT2D eigenvalue weighted by molar-refractivity contribution is 5.98. The largest absolute Gasteiger partial charge is 0.480 e. The van der Waals surface area contributed by atoms with Gasteiger partial charge in [-0.15, -0.1) is 0 Å². The SMILES string of the molecule is [C-]#[N+]c1ccc(NCC(=O)O)cc1.[C-]#[N+]c1ccc(NCc2nc3cc(C(=O)NCCC(=O)OCC)ccc3n2C)cc1.[CH2+]COC(=O)CCNC(=O)c1ccc(NC)c(N)c1. The van der Waals surface area contributed by atoms with Gasteiger partial charge >= 0.3 is 17.9 Å². The van der Waals surface area contributed by atoms with Crippen LogP contribution < -0.4 is 32.3 Å². The van der Waals surface area contributed by atoms with Crippen LogP contribution in [0.5, 0.6) is 0 Å². The van der Waals surface area contributed by atoms with Crippen LogP contribution in [-0.2, 0) is 37.4 Å². The van der Waals surface area contributed by atoms with Crippen molar-refractivity contribution in [1.82, 2.24) is 20.2 Å². The summed E-state index contributed by atoms with van der Waals surface area (Å²) in [5.74, 6) is -1.35. The van der Waals surface area contributed by atoms with Crippen molar-refractivity contribution in [3.8, 4) is 0 Å². The first-order valence-corrected chi connectivity index (χ1v) is 19.2. The number of carboxylic acid groups (broad SMARTS) is 1. The standard InChI is InChI=1S/C22H23N5O3.C13H17N3O3.C9H8N2O2/c1-4-30-21(28)11-12-24-22(29)15-5-10-19-18(13-15)26-20(27(19)3)14-25-17-8-6-16(23-2)7-9-17;1-3-19-12(17)6-7-16-13(18)9-4-5-11(15-2)10(14)8-9;1-10-7-2-4-8(5-3-7)11-6-9(12)13/h5-10,13,25H,4,11-12,14H2,1,3H3,(H,24,29);4-5,8H,1,3,6-7,14H2,2H3,(H-,15,16,18);2-5,11H,6H2,(H,12,13)/p+1. The number of aromatic nitrogens is 2. The molecule has 1 aromatic heterocycles. The Morgan fingerprint density at radius 2 is 1.32 bits per heavy atom. The third-order valence-electron chi connectivity index (χ3n) is 8.50. The Kier molecular flexibility index (Phi) is 19.6. The summed E-state index contributed by atoms with van der Waals surface area (Å²) < 4.78 is 11.5. The molecule has 0 unspecified atom stereocenters. The van der Waals surface area contributed by atoms with Crippen molar-refractivity contribution >= 4 is 74.9 Å². The number of carbonyl (C=O) groups excluding carboxylic acids is 4. The molecule has 0 fully saturated rings. The lowest BCUT2D eigenvalue weighted by Gasteiger charge is -2.08. The number of nitrogens with two attached hydrogens (primary N) is 1. The van der Waals surface area contributed by atoms with Gasteiger partial charge in [0.2, 0.25) is 6.61 Å². The van der Waals surface area contributed by atoms with E-state index in [1.165, 1.54) is 0 Å². The second-order valence-electron chi connectivity index (χ2n) is 12.8. The van der Waals surface area contributed by atoms with Gasteiger partial charge < -0.3 is 51.5 Å². The maximum Gasteiger partial charge on any atom is 0.322 e. The minimum Gasteiger partial charge on any atom is -0.480 e. The molecule has 18 nitrogen and oxygen atoms in total. The molecule has 0 aliphatic heterocycles. The van der Waals surface area contributed by atoms with E-state index in [0.29, 0.717) is 47.0 Å². The second-order valence-corrected chi connectivity index (χ2v) is 12.8. The highest BCUT2D eigenvalue weighted by Gasteiger charge is 2.13. The fourth-order valence-electron chi connectivity index (χ4n) is 5.33. The summed E-state index contributed by atoms with van der Waals surface area (Å²) in [6, 6.07) is 24.2. The number of rotatable bonds is 17. The summed E-state index contributed by atoms with van der Waals surface area (Å²) in [6.07, 6.45) is 0.253. The van der Waals surface area contributed by atoms with Gasteiger partial charge in [-0.05, 0) is 67.6 Å². The molecule has 4 aromatic carbocycles. The van der Waals surface area contributed by atoms with E-state index in [-0.39, 0.29) is 62.8 Å². The monoisotopic (exact) mass is 845 g/mol. The highest BCUT2D eigenvalue weighted by Crippen LogP contribution is 2.21. The van der Waals surface area contributed by atoms with E-state index in [0.717, 1.165) is 28.2 Å². The number of amides is 2. The van der Waals surface area contributed by atoms with Crippen LogP contribution in [0, 0.1) is 20.1 Å². The summed E-state index contributed by atoms with van der Waals surface area (Å²) in [7, 11) is 3.67. The van der Waals surface area contributed by atoms with Gasteiger partial charge in [-0.25, -0.2) is 14.7 Å². The summed E-state index contributed by atoms with van der Waals surface area (Å²) in [4.78, 5) is 68.0. The van der Waals surface area contributed by atoms with Crippen LogP contribution >= 0.6 is 0 Å². The van der Waals surface area contributed by atoms with Gasteiger partial charge in [0.05, 0.1) is 61.5 Å². The van der Waals surface area contributed by atoms with Crippen molar-refractivity contribution < 1.29 is 38.6 Å². The Labute approximate surface area is 359 Å². The number of anilines is 4. The molecule has 0 bridgehead atoms. The first-order chi connectivity index (χ1) is 29.8. The molecule has 0 radical (unpaired) electrons. The predicted molar refractivity (Wildman–Crippen MR) is 237 cm³/mol. The van der Waals surface area contributed by atoms with E-state index >= 15 is 0 Å². The number of aryl methyl sites for hydroxylation is 1. The van der Waals surface area contributed by atoms with Crippen molar-refractivity contribution in [2.24, 2.45) is 7.05 Å². The summed E-state index contributed by atoms with van der Waals surface area (Å²) >= 11 is 0. The van der Waals surface area contributed by atoms with Crippen molar-refractivity contribution in [2.45, 2.75) is 26.3 Å². The molecule has 18 heteroatoms. The molecule has 2 amide bonds. The minimum absolute atomic E-state index is 0.0921. The number of carboxylic acids is 1. The maximum absolute atomic E-state index is 12.4. The molecule has 8 N–H and O–H groups in total. The maximum atomic E-state index is 12.4. The molecule has 62 heavy (non-hydrogen) atoms. The zero-order valence-corrected chi connectivity index (χ0v) is 34.6. The number of benzene rings is 4. The van der Waals surface area contributed by atoms with E-state index in [9.17, 15) is 24.0 Å². The quantitative estimate of drug-likeness (QED) is 0.0325. The summed E-state index contributed by atoms with van der Waals surface area (Å²) in [6.45, 7) is 20.1. The second kappa shape index (κ2) is 25.3. The third-order valence-corrected chi connectivity index (χ3v) is 8.50. The fourth-order valence-corrected chi connectivity index (χ4v) is 5.33. The van der Waals surface area contributed by atoms with Crippen molar-refractivity contribution in [3.63, 3.8) is 0 Å². The number of carbonyl (C=O) groups is 5. The van der Waals surface area contributed by atoms with Crippen molar-refractivity contribution in [1.29, 1.82) is 0 Å². The number of imidazole rings is 1. The van der Waals surface area contributed by atoms with Crippen LogP contribution in [0.4, 0.5) is 34.1 Å². The fraction of sp³-hybridized carbons (Fsp3) is 0.250. The predicted octanol–water partition coefficient (Wildman–Crippen LogP) is 5.96. The molecular weight excluding hydrogens is 797 g/mol. The van der Waals surface area contributed by atoms with Gasteiger partial charge in [-0.2, -0.15) is 0 Å². The zero-order chi connectivity index (χ0) is 45.4. The molecule has 5 rings (SSSR count). The molecule has 0 saturated heterocycles. The molecule has 0 atom stereocenters. The Morgan fingerprint density at radius 3 is 1.82 bits per heavy atom. The average Bonchev–Trinajstić information content (AvgIpc) is 3.59. The van der Waals surface area contributed by atoms with E-state index in [1.54, 1.807) is 80.7 Å². The topological polar surface area (TPSA) is 237 Å². The Morgan fingerprint density at radius 1 is 0.790 bits per heavy atom. The van der Waals surface area contributed by atoms with E-state index in [4.69, 9.17) is 28.7 Å². The van der Waals surface area contributed by atoms with Crippen LogP contribution in [0.3, 0.4) is 0 Å². The number of hydrogen-bond donors (Lipinski definition) is 7. The number of hydrogen-bond acceptors (Lipinski definition) is 12. The number of ether oxygens (including phenoxy) is 2. The molecule has 0 aliphatic rings. The molecule has 322 valence electrons. The van der Waals surface area contributed by atoms with Crippen LogP contribution in [0.25, 0.3) is 20.7 Å². The number of fused-ring (bicyclic) bond motifs is 1. The Balaban J connectivity index is 0.000000273. The number of nitrogens with one attached hydrogen (secondary N) is 5. The number of nitrogen functional groups attached to an aromatic ring is 1. The number of esters is 2. The Hall–Kier alpha value is -8.25. The summed E-state index contributed by atoms with van der Waals surface area (Å²) in [5, 5.41) is 22.6.